The average molecular weight is 378 g/mol. The van der Waals surface area contributed by atoms with E-state index in [1.165, 1.54) is 19.2 Å². The molecule has 1 amide bonds. The molecule has 0 saturated carbocycles. The van der Waals surface area contributed by atoms with Crippen LogP contribution in [-0.2, 0) is 14.8 Å². The molecule has 7 nitrogen and oxygen atoms in total. The molecule has 0 aromatic heterocycles. The average Bonchev–Trinajstić information content (AvgIpc) is 2.63. The molecule has 0 aliphatic heterocycles. The molecule has 2 N–H and O–H groups in total. The third-order valence-electron chi connectivity index (χ3n) is 3.70. The monoisotopic (exact) mass is 378 g/mol. The molecule has 140 valence electrons. The van der Waals surface area contributed by atoms with Crippen molar-refractivity contribution in [2.24, 2.45) is 0 Å². The maximum Gasteiger partial charge on any atom is 0.255 e. The Balaban J connectivity index is 2.13. The summed E-state index contributed by atoms with van der Waals surface area (Å²) in [5.74, 6) is 0.280. The van der Waals surface area contributed by atoms with Crippen molar-refractivity contribution >= 4 is 21.6 Å². The van der Waals surface area contributed by atoms with Gasteiger partial charge in [-0.1, -0.05) is 6.07 Å². The van der Waals surface area contributed by atoms with Crippen molar-refractivity contribution in [3.63, 3.8) is 0 Å². The zero-order valence-electron chi connectivity index (χ0n) is 14.9. The van der Waals surface area contributed by atoms with Gasteiger partial charge in [0.1, 0.15) is 12.4 Å². The summed E-state index contributed by atoms with van der Waals surface area (Å²) in [6.07, 6.45) is 0. The lowest BCUT2D eigenvalue weighted by atomic mass is 10.1. The van der Waals surface area contributed by atoms with Gasteiger partial charge in [-0.15, -0.1) is 0 Å². The number of sulfonamides is 1. The Hall–Kier alpha value is -2.42. The fourth-order valence-electron chi connectivity index (χ4n) is 2.21. The second-order valence-corrected chi connectivity index (χ2v) is 7.39. The van der Waals surface area contributed by atoms with Crippen molar-refractivity contribution in [1.29, 1.82) is 0 Å². The molecule has 2 rings (SSSR count). The fraction of sp³-hybridized carbons (Fsp3) is 0.278. The normalized spacial score (nSPS) is 11.2. The van der Waals surface area contributed by atoms with Crippen LogP contribution in [0.25, 0.3) is 0 Å². The Morgan fingerprint density at radius 3 is 2.38 bits per heavy atom. The van der Waals surface area contributed by atoms with E-state index in [-0.39, 0.29) is 10.8 Å². The number of hydrogen-bond acceptors (Lipinski definition) is 5. The second-order valence-electron chi connectivity index (χ2n) is 5.50. The highest BCUT2D eigenvalue weighted by atomic mass is 32.2. The molecule has 0 spiro atoms. The predicted octanol–water partition coefficient (Wildman–Crippen LogP) is 2.18. The van der Waals surface area contributed by atoms with E-state index in [4.69, 9.17) is 9.47 Å². The van der Waals surface area contributed by atoms with Crippen molar-refractivity contribution in [1.82, 2.24) is 4.72 Å². The lowest BCUT2D eigenvalue weighted by molar-refractivity contribution is 0.102. The van der Waals surface area contributed by atoms with Gasteiger partial charge >= 0.3 is 0 Å². The number of carbonyl (C=O) groups is 1. The van der Waals surface area contributed by atoms with Crippen LogP contribution in [0.5, 0.6) is 5.75 Å². The van der Waals surface area contributed by atoms with E-state index in [0.29, 0.717) is 35.8 Å². The van der Waals surface area contributed by atoms with Gasteiger partial charge in [0.05, 0.1) is 11.5 Å². The van der Waals surface area contributed by atoms with Gasteiger partial charge in [0.2, 0.25) is 10.0 Å². The van der Waals surface area contributed by atoms with Crippen LogP contribution in [0.4, 0.5) is 5.69 Å². The van der Waals surface area contributed by atoms with Crippen molar-refractivity contribution in [2.75, 3.05) is 32.7 Å². The van der Waals surface area contributed by atoms with Gasteiger partial charge in [0, 0.05) is 18.4 Å². The molecule has 2 aromatic rings. The molecule has 0 bridgehead atoms. The number of hydrogen-bond donors (Lipinski definition) is 2. The van der Waals surface area contributed by atoms with E-state index in [2.05, 4.69) is 10.0 Å². The van der Waals surface area contributed by atoms with Gasteiger partial charge in [-0.25, -0.2) is 13.1 Å². The molecular weight excluding hydrogens is 356 g/mol. The van der Waals surface area contributed by atoms with Gasteiger partial charge in [-0.2, -0.15) is 0 Å². The molecule has 8 heteroatoms. The van der Waals surface area contributed by atoms with E-state index in [0.717, 1.165) is 0 Å². The predicted molar refractivity (Wildman–Crippen MR) is 99.2 cm³/mol. The molecule has 0 unspecified atom stereocenters. The zero-order valence-corrected chi connectivity index (χ0v) is 15.7. The van der Waals surface area contributed by atoms with E-state index >= 15 is 0 Å². The Labute approximate surface area is 153 Å². The van der Waals surface area contributed by atoms with E-state index in [9.17, 15) is 13.2 Å². The number of rotatable bonds is 8. The van der Waals surface area contributed by atoms with Gasteiger partial charge in [0.15, 0.2) is 0 Å². The summed E-state index contributed by atoms with van der Waals surface area (Å²) < 4.78 is 36.5. The van der Waals surface area contributed by atoms with Crippen molar-refractivity contribution in [3.8, 4) is 5.75 Å². The number of carbonyl (C=O) groups excluding carboxylic acids is 1. The molecule has 0 radical (unpaired) electrons. The highest BCUT2D eigenvalue weighted by Gasteiger charge is 2.16. The maximum atomic E-state index is 12.5. The van der Waals surface area contributed by atoms with Crippen molar-refractivity contribution in [2.45, 2.75) is 11.8 Å². The minimum atomic E-state index is -3.62. The van der Waals surface area contributed by atoms with Gasteiger partial charge in [0.25, 0.3) is 5.91 Å². The first kappa shape index (κ1) is 19.9. The van der Waals surface area contributed by atoms with Crippen LogP contribution in [-0.4, -0.2) is 41.7 Å². The summed E-state index contributed by atoms with van der Waals surface area (Å²) in [5.41, 5.74) is 1.55. The number of aryl methyl sites for hydroxylation is 1. The molecule has 0 aliphatic carbocycles. The highest BCUT2D eigenvalue weighted by molar-refractivity contribution is 7.89. The standard InChI is InChI=1S/C18H22N2O5S/c1-13-4-9-16(26(22,23)19-2)12-17(13)18(21)20-14-5-7-15(8-6-14)25-11-10-24-3/h4-9,12,19H,10-11H2,1-3H3,(H,20,21). The number of methoxy groups -OCH3 is 1. The van der Waals surface area contributed by atoms with E-state index < -0.39 is 10.0 Å². The van der Waals surface area contributed by atoms with Crippen molar-refractivity contribution < 1.29 is 22.7 Å². The fourth-order valence-corrected chi connectivity index (χ4v) is 2.96. The SMILES string of the molecule is CNS(=O)(=O)c1ccc(C)c(C(=O)Nc2ccc(OCCOC)cc2)c1. The molecule has 2 aromatic carbocycles. The van der Waals surface area contributed by atoms with Crippen LogP contribution in [0, 0.1) is 6.92 Å². The van der Waals surface area contributed by atoms with Crippen LogP contribution in [0.3, 0.4) is 0 Å². The molecule has 0 atom stereocenters. The summed E-state index contributed by atoms with van der Waals surface area (Å²) >= 11 is 0. The lowest BCUT2D eigenvalue weighted by Crippen LogP contribution is -2.20. The highest BCUT2D eigenvalue weighted by Crippen LogP contribution is 2.19. The Kier molecular flexibility index (Phi) is 6.73. The number of nitrogens with one attached hydrogen (secondary N) is 2. The summed E-state index contributed by atoms with van der Waals surface area (Å²) in [7, 11) is -0.695. The molecule has 0 fully saturated rings. The number of ether oxygens (including phenoxy) is 2. The second kappa shape index (κ2) is 8.79. The molecule has 0 saturated heterocycles. The summed E-state index contributed by atoms with van der Waals surface area (Å²) in [6.45, 7) is 2.68. The van der Waals surface area contributed by atoms with Crippen LogP contribution in [0.2, 0.25) is 0 Å². The largest absolute Gasteiger partial charge is 0.491 e. The maximum absolute atomic E-state index is 12.5. The summed E-state index contributed by atoms with van der Waals surface area (Å²) in [5, 5.41) is 2.76. The number of benzene rings is 2. The molecule has 26 heavy (non-hydrogen) atoms. The van der Waals surface area contributed by atoms with E-state index in [1.54, 1.807) is 44.4 Å². The van der Waals surface area contributed by atoms with Gasteiger partial charge in [-0.05, 0) is 55.9 Å². The first-order valence-electron chi connectivity index (χ1n) is 7.94. The smallest absolute Gasteiger partial charge is 0.255 e. The Morgan fingerprint density at radius 2 is 1.77 bits per heavy atom. The minimum absolute atomic E-state index is 0.0395. The first-order valence-corrected chi connectivity index (χ1v) is 9.43. The number of amides is 1. The zero-order chi connectivity index (χ0) is 19.2. The molecule has 0 heterocycles. The topological polar surface area (TPSA) is 93.7 Å². The van der Waals surface area contributed by atoms with Gasteiger partial charge in [-0.3, -0.25) is 4.79 Å². The summed E-state index contributed by atoms with van der Waals surface area (Å²) in [6, 6.07) is 11.3. The van der Waals surface area contributed by atoms with Gasteiger partial charge < -0.3 is 14.8 Å². The Bertz CT molecular complexity index is 864. The van der Waals surface area contributed by atoms with Crippen LogP contribution >= 0.6 is 0 Å². The minimum Gasteiger partial charge on any atom is -0.491 e. The molecular formula is C18H22N2O5S. The third-order valence-corrected chi connectivity index (χ3v) is 5.11. The lowest BCUT2D eigenvalue weighted by Gasteiger charge is -2.11. The quantitative estimate of drug-likeness (QED) is 0.687. The Morgan fingerprint density at radius 1 is 1.08 bits per heavy atom. The van der Waals surface area contributed by atoms with E-state index in [1.807, 2.05) is 0 Å². The van der Waals surface area contributed by atoms with Crippen molar-refractivity contribution in [3.05, 3.63) is 53.6 Å². The summed E-state index contributed by atoms with van der Waals surface area (Å²) in [4.78, 5) is 12.6. The third kappa shape index (κ3) is 5.04. The first-order chi connectivity index (χ1) is 12.4. The number of anilines is 1. The van der Waals surface area contributed by atoms with Crippen LogP contribution in [0.1, 0.15) is 15.9 Å². The van der Waals surface area contributed by atoms with Crippen LogP contribution in [0.15, 0.2) is 47.4 Å². The van der Waals surface area contributed by atoms with Crippen LogP contribution < -0.4 is 14.8 Å². The molecule has 0 aliphatic rings.